The fraction of sp³-hybridized carbons (Fsp3) is 0.353. The van der Waals surface area contributed by atoms with Crippen LogP contribution < -0.4 is 5.32 Å². The second-order valence-electron chi connectivity index (χ2n) is 5.06. The minimum absolute atomic E-state index is 0.235. The lowest BCUT2D eigenvalue weighted by molar-refractivity contribution is 0.164. The van der Waals surface area contributed by atoms with E-state index in [1.165, 1.54) is 11.1 Å². The number of hydrogen-bond acceptors (Lipinski definition) is 3. The SMILES string of the molecule is CC[C@@H](O)CN[C@@H](C)c1ccc(-c2cccnc2)cc1. The van der Waals surface area contributed by atoms with Crippen molar-refractivity contribution in [2.24, 2.45) is 0 Å². The molecular weight excluding hydrogens is 248 g/mol. The number of pyridine rings is 1. The Morgan fingerprint density at radius 1 is 1.15 bits per heavy atom. The first-order valence-corrected chi connectivity index (χ1v) is 7.12. The summed E-state index contributed by atoms with van der Waals surface area (Å²) in [5, 5.41) is 12.9. The molecule has 3 heteroatoms. The highest BCUT2D eigenvalue weighted by Gasteiger charge is 2.07. The van der Waals surface area contributed by atoms with Crippen molar-refractivity contribution < 1.29 is 5.11 Å². The monoisotopic (exact) mass is 270 g/mol. The van der Waals surface area contributed by atoms with Gasteiger partial charge in [-0.3, -0.25) is 4.98 Å². The normalized spacial score (nSPS) is 13.9. The largest absolute Gasteiger partial charge is 0.392 e. The van der Waals surface area contributed by atoms with E-state index in [1.54, 1.807) is 6.20 Å². The van der Waals surface area contributed by atoms with Gasteiger partial charge in [-0.05, 0) is 36.1 Å². The number of hydrogen-bond donors (Lipinski definition) is 2. The number of benzene rings is 1. The highest BCUT2D eigenvalue weighted by Crippen LogP contribution is 2.21. The summed E-state index contributed by atoms with van der Waals surface area (Å²) >= 11 is 0. The van der Waals surface area contributed by atoms with Gasteiger partial charge in [-0.1, -0.05) is 37.3 Å². The summed E-state index contributed by atoms with van der Waals surface area (Å²) in [6.45, 7) is 4.73. The van der Waals surface area contributed by atoms with Crippen LogP contribution in [0.2, 0.25) is 0 Å². The third-order valence-electron chi connectivity index (χ3n) is 3.54. The van der Waals surface area contributed by atoms with Gasteiger partial charge in [0.05, 0.1) is 6.10 Å². The Bertz CT molecular complexity index is 510. The van der Waals surface area contributed by atoms with E-state index in [1.807, 2.05) is 19.2 Å². The fourth-order valence-electron chi connectivity index (χ4n) is 2.07. The van der Waals surface area contributed by atoms with E-state index in [-0.39, 0.29) is 12.1 Å². The van der Waals surface area contributed by atoms with Crippen molar-refractivity contribution in [3.8, 4) is 11.1 Å². The molecule has 0 aliphatic heterocycles. The maximum absolute atomic E-state index is 9.58. The van der Waals surface area contributed by atoms with Crippen LogP contribution in [0, 0.1) is 0 Å². The van der Waals surface area contributed by atoms with Crippen LogP contribution in [0.1, 0.15) is 31.9 Å². The summed E-state index contributed by atoms with van der Waals surface area (Å²) < 4.78 is 0. The molecule has 3 nitrogen and oxygen atoms in total. The van der Waals surface area contributed by atoms with E-state index >= 15 is 0 Å². The lowest BCUT2D eigenvalue weighted by atomic mass is 10.0. The summed E-state index contributed by atoms with van der Waals surface area (Å²) in [4.78, 5) is 4.14. The van der Waals surface area contributed by atoms with Crippen LogP contribution in [0.15, 0.2) is 48.8 Å². The standard InChI is InChI=1S/C17H22N2O/c1-3-17(20)12-19-13(2)14-6-8-15(9-7-14)16-5-4-10-18-11-16/h4-11,13,17,19-20H,3,12H2,1-2H3/t13-,17+/m0/s1. The zero-order valence-electron chi connectivity index (χ0n) is 12.1. The molecule has 1 aromatic heterocycles. The molecule has 106 valence electrons. The molecule has 0 aliphatic rings. The van der Waals surface area contributed by atoms with E-state index in [0.717, 1.165) is 12.0 Å². The summed E-state index contributed by atoms with van der Waals surface area (Å²) in [7, 11) is 0. The number of nitrogens with one attached hydrogen (secondary N) is 1. The molecule has 2 N–H and O–H groups in total. The van der Waals surface area contributed by atoms with Crippen molar-refractivity contribution in [3.63, 3.8) is 0 Å². The first-order valence-electron chi connectivity index (χ1n) is 7.12. The van der Waals surface area contributed by atoms with Gasteiger partial charge in [0.2, 0.25) is 0 Å². The molecule has 2 atom stereocenters. The Hall–Kier alpha value is -1.71. The van der Waals surface area contributed by atoms with Crippen molar-refractivity contribution in [1.29, 1.82) is 0 Å². The number of aliphatic hydroxyl groups is 1. The predicted octanol–water partition coefficient (Wildman–Crippen LogP) is 3.17. The van der Waals surface area contributed by atoms with Crippen LogP contribution in [0.25, 0.3) is 11.1 Å². The van der Waals surface area contributed by atoms with Gasteiger partial charge in [-0.25, -0.2) is 0 Å². The second kappa shape index (κ2) is 7.17. The average molecular weight is 270 g/mol. The smallest absolute Gasteiger partial charge is 0.0662 e. The topological polar surface area (TPSA) is 45.1 Å². The van der Waals surface area contributed by atoms with Crippen molar-refractivity contribution in [2.45, 2.75) is 32.4 Å². The minimum Gasteiger partial charge on any atom is -0.392 e. The van der Waals surface area contributed by atoms with E-state index in [4.69, 9.17) is 0 Å². The Morgan fingerprint density at radius 3 is 2.50 bits per heavy atom. The molecule has 1 aromatic carbocycles. The molecule has 0 amide bonds. The van der Waals surface area contributed by atoms with Crippen molar-refractivity contribution in [1.82, 2.24) is 10.3 Å². The van der Waals surface area contributed by atoms with Gasteiger partial charge in [0.25, 0.3) is 0 Å². The van der Waals surface area contributed by atoms with Gasteiger partial charge >= 0.3 is 0 Å². The van der Waals surface area contributed by atoms with E-state index < -0.39 is 0 Å². The summed E-state index contributed by atoms with van der Waals surface area (Å²) in [5.74, 6) is 0. The average Bonchev–Trinajstić information content (AvgIpc) is 2.53. The van der Waals surface area contributed by atoms with E-state index in [0.29, 0.717) is 6.54 Å². The number of nitrogens with zero attached hydrogens (tertiary/aromatic N) is 1. The van der Waals surface area contributed by atoms with Crippen LogP contribution >= 0.6 is 0 Å². The van der Waals surface area contributed by atoms with Gasteiger partial charge in [0.15, 0.2) is 0 Å². The molecule has 1 heterocycles. The highest BCUT2D eigenvalue weighted by molar-refractivity contribution is 5.62. The van der Waals surface area contributed by atoms with Crippen LogP contribution in [-0.2, 0) is 0 Å². The van der Waals surface area contributed by atoms with Gasteiger partial charge < -0.3 is 10.4 Å². The van der Waals surface area contributed by atoms with Gasteiger partial charge in [-0.2, -0.15) is 0 Å². The fourth-order valence-corrected chi connectivity index (χ4v) is 2.07. The molecule has 20 heavy (non-hydrogen) atoms. The Kier molecular flexibility index (Phi) is 5.27. The highest BCUT2D eigenvalue weighted by atomic mass is 16.3. The molecule has 0 saturated carbocycles. The maximum Gasteiger partial charge on any atom is 0.0662 e. The molecule has 0 radical (unpaired) electrons. The first-order chi connectivity index (χ1) is 9.70. The first kappa shape index (κ1) is 14.7. The number of aromatic nitrogens is 1. The van der Waals surface area contributed by atoms with Crippen molar-refractivity contribution in [3.05, 3.63) is 54.4 Å². The Labute approximate surface area is 120 Å². The summed E-state index contributed by atoms with van der Waals surface area (Å²) in [6.07, 6.45) is 4.16. The zero-order valence-corrected chi connectivity index (χ0v) is 12.1. The van der Waals surface area contributed by atoms with Crippen molar-refractivity contribution >= 4 is 0 Å². The van der Waals surface area contributed by atoms with Gasteiger partial charge in [-0.15, -0.1) is 0 Å². The van der Waals surface area contributed by atoms with Gasteiger partial charge in [0.1, 0.15) is 0 Å². The Morgan fingerprint density at radius 2 is 1.90 bits per heavy atom. The molecule has 0 spiro atoms. The third-order valence-corrected chi connectivity index (χ3v) is 3.54. The Balaban J connectivity index is 2.01. The summed E-state index contributed by atoms with van der Waals surface area (Å²) in [5.41, 5.74) is 3.52. The molecule has 2 rings (SSSR count). The van der Waals surface area contributed by atoms with E-state index in [2.05, 4.69) is 47.6 Å². The third kappa shape index (κ3) is 3.89. The quantitative estimate of drug-likeness (QED) is 0.847. The lowest BCUT2D eigenvalue weighted by Gasteiger charge is -2.17. The predicted molar refractivity (Wildman–Crippen MR) is 82.4 cm³/mol. The molecule has 0 aliphatic carbocycles. The molecule has 2 aromatic rings. The van der Waals surface area contributed by atoms with Crippen LogP contribution in [0.5, 0.6) is 0 Å². The van der Waals surface area contributed by atoms with Crippen LogP contribution in [0.3, 0.4) is 0 Å². The molecule has 0 saturated heterocycles. The second-order valence-corrected chi connectivity index (χ2v) is 5.06. The summed E-state index contributed by atoms with van der Waals surface area (Å²) in [6, 6.07) is 12.7. The minimum atomic E-state index is -0.271. The molecule has 0 bridgehead atoms. The van der Waals surface area contributed by atoms with Crippen LogP contribution in [-0.4, -0.2) is 22.7 Å². The number of rotatable bonds is 6. The molecular formula is C17H22N2O. The maximum atomic E-state index is 9.58. The van der Waals surface area contributed by atoms with Gasteiger partial charge in [0, 0.05) is 25.0 Å². The van der Waals surface area contributed by atoms with Crippen molar-refractivity contribution in [2.75, 3.05) is 6.54 Å². The molecule has 0 fully saturated rings. The molecule has 0 unspecified atom stereocenters. The van der Waals surface area contributed by atoms with E-state index in [9.17, 15) is 5.11 Å². The lowest BCUT2D eigenvalue weighted by Crippen LogP contribution is -2.28. The number of aliphatic hydroxyl groups excluding tert-OH is 1. The van der Waals surface area contributed by atoms with Crippen LogP contribution in [0.4, 0.5) is 0 Å². The zero-order chi connectivity index (χ0) is 14.4.